The fraction of sp³-hybridized carbons (Fsp3) is 1.00. The van der Waals surface area contributed by atoms with E-state index in [9.17, 15) is 0 Å². The van der Waals surface area contributed by atoms with E-state index in [-0.39, 0.29) is 32.1 Å². The standard InChI is InChI=1S/2C4H9.H4Si.Sn/c2*1-3-4-2;;/h2*1,3-4H2,2H3;1H4;. The van der Waals surface area contributed by atoms with Crippen molar-refractivity contribution in [3.8, 4) is 0 Å². The third kappa shape index (κ3) is 11.8. The molecule has 0 aliphatic heterocycles. The van der Waals surface area contributed by atoms with E-state index in [1.165, 1.54) is 25.7 Å². The van der Waals surface area contributed by atoms with Gasteiger partial charge in [-0.1, -0.05) is 0 Å². The molecule has 0 amide bonds. The molecule has 0 unspecified atom stereocenters. The first-order valence-corrected chi connectivity index (χ1v) is 8.16. The molecule has 0 spiro atoms. The molecular formula is C8H22SiSn. The van der Waals surface area contributed by atoms with Crippen LogP contribution in [0.5, 0.6) is 0 Å². The summed E-state index contributed by atoms with van der Waals surface area (Å²) in [5.41, 5.74) is 0. The maximum absolute atomic E-state index is 2.29. The summed E-state index contributed by atoms with van der Waals surface area (Å²) in [5, 5.41) is 0. The molecule has 0 aromatic heterocycles. The maximum atomic E-state index is 2.29. The van der Waals surface area contributed by atoms with E-state index in [2.05, 4.69) is 13.8 Å². The van der Waals surface area contributed by atoms with Crippen LogP contribution in [0.1, 0.15) is 39.5 Å². The van der Waals surface area contributed by atoms with Gasteiger partial charge in [0.25, 0.3) is 0 Å². The van der Waals surface area contributed by atoms with Gasteiger partial charge < -0.3 is 0 Å². The van der Waals surface area contributed by atoms with Gasteiger partial charge in [0.15, 0.2) is 0 Å². The van der Waals surface area contributed by atoms with E-state index < -0.39 is 0 Å². The van der Waals surface area contributed by atoms with Gasteiger partial charge in [-0.25, -0.2) is 0 Å². The van der Waals surface area contributed by atoms with Crippen LogP contribution < -0.4 is 0 Å². The summed E-state index contributed by atoms with van der Waals surface area (Å²) >= 11 is 0.149. The summed E-state index contributed by atoms with van der Waals surface area (Å²) in [6.45, 7) is 4.58. The molecule has 10 heavy (non-hydrogen) atoms. The van der Waals surface area contributed by atoms with Gasteiger partial charge in [-0.15, -0.1) is 0 Å². The molecule has 0 N–H and O–H groups in total. The Kier molecular flexibility index (Phi) is 17.2. The molecule has 0 aromatic carbocycles. The summed E-state index contributed by atoms with van der Waals surface area (Å²) in [4.78, 5) is 0. The zero-order valence-corrected chi connectivity index (χ0v) is 9.60. The molecule has 62 valence electrons. The summed E-state index contributed by atoms with van der Waals surface area (Å²) in [6, 6.07) is 0. The Bertz CT molecular complexity index is 42.5. The molecular weight excluding hydrogens is 243 g/mol. The molecule has 0 saturated heterocycles. The average molecular weight is 265 g/mol. The van der Waals surface area contributed by atoms with Crippen LogP contribution in [-0.2, 0) is 0 Å². The van der Waals surface area contributed by atoms with E-state index in [4.69, 9.17) is 0 Å². The maximum Gasteiger partial charge on any atom is -0.0149 e. The molecule has 0 bridgehead atoms. The topological polar surface area (TPSA) is 0 Å². The zero-order chi connectivity index (χ0) is 6.95. The second-order valence-electron chi connectivity index (χ2n) is 2.46. The molecule has 0 rings (SSSR count). The van der Waals surface area contributed by atoms with Crippen LogP contribution in [0.15, 0.2) is 0 Å². The fourth-order valence-corrected chi connectivity index (χ4v) is 4.89. The third-order valence-electron chi connectivity index (χ3n) is 1.41. The van der Waals surface area contributed by atoms with Gasteiger partial charge in [0.05, 0.1) is 0 Å². The minimum absolute atomic E-state index is 0. The van der Waals surface area contributed by atoms with E-state index in [0.29, 0.717) is 0 Å². The van der Waals surface area contributed by atoms with Crippen molar-refractivity contribution in [2.75, 3.05) is 0 Å². The van der Waals surface area contributed by atoms with Crippen molar-refractivity contribution >= 4 is 32.1 Å². The molecule has 0 saturated carbocycles. The minimum atomic E-state index is 0. The van der Waals surface area contributed by atoms with Gasteiger partial charge in [-0.05, 0) is 11.0 Å². The van der Waals surface area contributed by atoms with Crippen LogP contribution in [0.25, 0.3) is 0 Å². The smallest absolute Gasteiger partial charge is 0.0149 e. The fourth-order valence-electron chi connectivity index (χ4n) is 0.729. The molecule has 2 heteroatoms. The van der Waals surface area contributed by atoms with Gasteiger partial charge in [-0.2, -0.15) is 0 Å². The van der Waals surface area contributed by atoms with Crippen LogP contribution in [-0.4, -0.2) is 32.1 Å². The van der Waals surface area contributed by atoms with Crippen molar-refractivity contribution in [1.29, 1.82) is 0 Å². The summed E-state index contributed by atoms with van der Waals surface area (Å²) < 4.78 is 3.25. The Hall–Kier alpha value is 1.02. The van der Waals surface area contributed by atoms with Crippen molar-refractivity contribution in [2.45, 2.75) is 48.4 Å². The van der Waals surface area contributed by atoms with E-state index >= 15 is 0 Å². The average Bonchev–Trinajstić information content (AvgIpc) is 1.89. The molecule has 0 aromatic rings. The Balaban J connectivity index is 0. The van der Waals surface area contributed by atoms with Gasteiger partial charge in [0, 0.05) is 0 Å². The minimum Gasteiger partial charge on any atom is -0.0149 e. The number of unbranched alkanes of at least 4 members (excludes halogenated alkanes) is 2. The Labute approximate surface area is 80.4 Å². The van der Waals surface area contributed by atoms with Crippen molar-refractivity contribution in [3.05, 3.63) is 0 Å². The van der Waals surface area contributed by atoms with Gasteiger partial charge in [-0.3, -0.25) is 0 Å². The third-order valence-corrected chi connectivity index (χ3v) is 5.45. The van der Waals surface area contributed by atoms with Crippen LogP contribution >= 0.6 is 0 Å². The molecule has 0 atom stereocenters. The SMILES string of the molecule is CCC[CH2][Sn][CH2]CCC.[SiH4]. The molecule has 0 aliphatic rings. The molecule has 0 heterocycles. The Morgan fingerprint density at radius 3 is 1.60 bits per heavy atom. The summed E-state index contributed by atoms with van der Waals surface area (Å²) in [6.07, 6.45) is 5.84. The molecule has 0 aliphatic carbocycles. The zero-order valence-electron chi connectivity index (χ0n) is 6.74. The van der Waals surface area contributed by atoms with Crippen LogP contribution in [0.2, 0.25) is 8.87 Å². The van der Waals surface area contributed by atoms with Gasteiger partial charge in [0.2, 0.25) is 0 Å². The predicted molar refractivity (Wildman–Crippen MR) is 56.5 cm³/mol. The normalized spacial score (nSPS) is 9.00. The Morgan fingerprint density at radius 2 is 1.30 bits per heavy atom. The van der Waals surface area contributed by atoms with E-state index in [1.54, 1.807) is 8.87 Å². The van der Waals surface area contributed by atoms with Gasteiger partial charge >= 0.3 is 69.5 Å². The van der Waals surface area contributed by atoms with Crippen molar-refractivity contribution in [3.63, 3.8) is 0 Å². The summed E-state index contributed by atoms with van der Waals surface area (Å²) in [7, 11) is 0. The quantitative estimate of drug-likeness (QED) is 0.506. The number of rotatable bonds is 6. The first-order chi connectivity index (χ1) is 4.41. The molecule has 2 radical (unpaired) electrons. The van der Waals surface area contributed by atoms with E-state index in [0.717, 1.165) is 0 Å². The second kappa shape index (κ2) is 12.7. The molecule has 0 fully saturated rings. The first-order valence-electron chi connectivity index (χ1n) is 4.12. The van der Waals surface area contributed by atoms with Crippen LogP contribution in [0.3, 0.4) is 0 Å². The molecule has 0 nitrogen and oxygen atoms in total. The van der Waals surface area contributed by atoms with Gasteiger partial charge in [0.1, 0.15) is 0 Å². The van der Waals surface area contributed by atoms with Crippen LogP contribution in [0.4, 0.5) is 0 Å². The second-order valence-corrected chi connectivity index (χ2v) is 6.74. The predicted octanol–water partition coefficient (Wildman–Crippen LogP) is 1.68. The Morgan fingerprint density at radius 1 is 0.900 bits per heavy atom. The first kappa shape index (κ1) is 13.6. The van der Waals surface area contributed by atoms with Crippen molar-refractivity contribution < 1.29 is 0 Å². The van der Waals surface area contributed by atoms with Crippen molar-refractivity contribution in [1.82, 2.24) is 0 Å². The van der Waals surface area contributed by atoms with Crippen LogP contribution in [0, 0.1) is 0 Å². The number of hydrogen-bond acceptors (Lipinski definition) is 0. The van der Waals surface area contributed by atoms with E-state index in [1.807, 2.05) is 0 Å². The monoisotopic (exact) mass is 266 g/mol. The van der Waals surface area contributed by atoms with Crippen molar-refractivity contribution in [2.24, 2.45) is 0 Å². The summed E-state index contributed by atoms with van der Waals surface area (Å²) in [5.74, 6) is 0. The largest absolute Gasteiger partial charge is 0.0149 e. The number of hydrogen-bond donors (Lipinski definition) is 0.